The monoisotopic (exact) mass is 242 g/mol. The van der Waals surface area contributed by atoms with Crippen LogP contribution < -0.4 is 0 Å². The fourth-order valence-corrected chi connectivity index (χ4v) is 1.55. The second kappa shape index (κ2) is 9.23. The average molecular weight is 242 g/mol. The van der Waals surface area contributed by atoms with Gasteiger partial charge < -0.3 is 9.47 Å². The van der Waals surface area contributed by atoms with Gasteiger partial charge in [0, 0.05) is 6.61 Å². The molecule has 0 radical (unpaired) electrons. The number of hydrogen-bond acceptors (Lipinski definition) is 3. The Labute approximate surface area is 105 Å². The molecular formula is C14H26O3. The largest absolute Gasteiger partial charge is 0.467 e. The Morgan fingerprint density at radius 2 is 1.76 bits per heavy atom. The van der Waals surface area contributed by atoms with E-state index < -0.39 is 5.60 Å². The fourth-order valence-electron chi connectivity index (χ4n) is 1.55. The molecule has 0 saturated carbocycles. The summed E-state index contributed by atoms with van der Waals surface area (Å²) in [5.74, 6) is -0.316. The van der Waals surface area contributed by atoms with Gasteiger partial charge in [-0.25, -0.2) is 4.79 Å². The molecule has 0 aliphatic rings. The summed E-state index contributed by atoms with van der Waals surface area (Å²) in [4.78, 5) is 11.3. The molecule has 0 aromatic rings. The van der Waals surface area contributed by atoms with Gasteiger partial charge in [0.05, 0.1) is 7.11 Å². The van der Waals surface area contributed by atoms with Crippen LogP contribution in [0.5, 0.6) is 0 Å². The lowest BCUT2D eigenvalue weighted by atomic mass is 10.1. The van der Waals surface area contributed by atoms with Gasteiger partial charge in [-0.2, -0.15) is 0 Å². The van der Waals surface area contributed by atoms with Gasteiger partial charge in [0.25, 0.3) is 0 Å². The topological polar surface area (TPSA) is 35.5 Å². The first-order valence-electron chi connectivity index (χ1n) is 6.38. The molecule has 3 nitrogen and oxygen atoms in total. The Hall–Kier alpha value is -0.830. The number of ether oxygens (including phenoxy) is 2. The minimum absolute atomic E-state index is 0.316. The van der Waals surface area contributed by atoms with Gasteiger partial charge in [-0.15, -0.1) is 6.58 Å². The molecule has 0 saturated heterocycles. The third kappa shape index (κ3) is 7.97. The van der Waals surface area contributed by atoms with E-state index in [1.54, 1.807) is 13.8 Å². The molecule has 100 valence electrons. The smallest absolute Gasteiger partial charge is 0.337 e. The second-order valence-electron chi connectivity index (χ2n) is 4.70. The lowest BCUT2D eigenvalue weighted by molar-refractivity contribution is -0.165. The van der Waals surface area contributed by atoms with Crippen molar-refractivity contribution in [1.29, 1.82) is 0 Å². The number of carbonyl (C=O) groups excluding carboxylic acids is 1. The summed E-state index contributed by atoms with van der Waals surface area (Å²) < 4.78 is 10.2. The molecule has 0 unspecified atom stereocenters. The highest BCUT2D eigenvalue weighted by Gasteiger charge is 2.29. The number of unbranched alkanes of at least 4 members (excludes halogenated alkanes) is 5. The van der Waals surface area contributed by atoms with Crippen molar-refractivity contribution in [3.8, 4) is 0 Å². The Kier molecular flexibility index (Phi) is 8.78. The highest BCUT2D eigenvalue weighted by molar-refractivity contribution is 5.78. The fraction of sp³-hybridized carbons (Fsp3) is 0.786. The molecule has 0 spiro atoms. The van der Waals surface area contributed by atoms with Crippen LogP contribution in [0.1, 0.15) is 52.4 Å². The number of rotatable bonds is 10. The van der Waals surface area contributed by atoms with E-state index in [1.807, 2.05) is 6.08 Å². The average Bonchev–Trinajstić information content (AvgIpc) is 2.31. The van der Waals surface area contributed by atoms with E-state index in [4.69, 9.17) is 4.74 Å². The van der Waals surface area contributed by atoms with Crippen molar-refractivity contribution in [2.75, 3.05) is 13.7 Å². The summed E-state index contributed by atoms with van der Waals surface area (Å²) in [6, 6.07) is 0. The molecule has 0 atom stereocenters. The molecule has 0 aliphatic carbocycles. The molecule has 0 aromatic heterocycles. The summed E-state index contributed by atoms with van der Waals surface area (Å²) in [5, 5.41) is 0. The van der Waals surface area contributed by atoms with Gasteiger partial charge in [0.15, 0.2) is 5.60 Å². The molecule has 0 aliphatic heterocycles. The first kappa shape index (κ1) is 16.2. The van der Waals surface area contributed by atoms with Crippen LogP contribution >= 0.6 is 0 Å². The van der Waals surface area contributed by atoms with Crippen molar-refractivity contribution in [3.63, 3.8) is 0 Å². The molecule has 0 amide bonds. The summed E-state index contributed by atoms with van der Waals surface area (Å²) in [7, 11) is 1.38. The van der Waals surface area contributed by atoms with Gasteiger partial charge in [-0.1, -0.05) is 25.3 Å². The van der Waals surface area contributed by atoms with Crippen LogP contribution in [-0.2, 0) is 14.3 Å². The summed E-state index contributed by atoms with van der Waals surface area (Å²) in [6.45, 7) is 7.79. The number of methoxy groups -OCH3 is 1. The van der Waals surface area contributed by atoms with Crippen LogP contribution in [0.2, 0.25) is 0 Å². The highest BCUT2D eigenvalue weighted by Crippen LogP contribution is 2.13. The lowest BCUT2D eigenvalue weighted by Gasteiger charge is -2.22. The van der Waals surface area contributed by atoms with Crippen LogP contribution in [0.4, 0.5) is 0 Å². The number of carbonyl (C=O) groups is 1. The van der Waals surface area contributed by atoms with E-state index in [0.717, 1.165) is 19.3 Å². The van der Waals surface area contributed by atoms with Crippen LogP contribution in [0.15, 0.2) is 12.7 Å². The predicted molar refractivity (Wildman–Crippen MR) is 69.9 cm³/mol. The zero-order chi connectivity index (χ0) is 13.1. The molecule has 0 aromatic carbocycles. The lowest BCUT2D eigenvalue weighted by Crippen LogP contribution is -2.36. The van der Waals surface area contributed by atoms with Gasteiger partial charge in [-0.05, 0) is 33.1 Å². The maximum Gasteiger partial charge on any atom is 0.337 e. The Balaban J connectivity index is 3.44. The van der Waals surface area contributed by atoms with Crippen molar-refractivity contribution >= 4 is 5.97 Å². The van der Waals surface area contributed by atoms with Crippen molar-refractivity contribution in [2.24, 2.45) is 0 Å². The summed E-state index contributed by atoms with van der Waals surface area (Å²) in [5.41, 5.74) is -0.822. The third-order valence-corrected chi connectivity index (χ3v) is 2.69. The molecule has 3 heteroatoms. The van der Waals surface area contributed by atoms with E-state index >= 15 is 0 Å². The van der Waals surface area contributed by atoms with E-state index in [2.05, 4.69) is 11.3 Å². The van der Waals surface area contributed by atoms with Gasteiger partial charge in [0.1, 0.15) is 0 Å². The number of allylic oxidation sites excluding steroid dienone is 1. The quantitative estimate of drug-likeness (QED) is 0.334. The minimum atomic E-state index is -0.822. The van der Waals surface area contributed by atoms with E-state index in [1.165, 1.54) is 26.4 Å². The molecule has 0 heterocycles. The summed E-state index contributed by atoms with van der Waals surface area (Å²) >= 11 is 0. The molecular weight excluding hydrogens is 216 g/mol. The highest BCUT2D eigenvalue weighted by atomic mass is 16.6. The minimum Gasteiger partial charge on any atom is -0.467 e. The molecule has 0 N–H and O–H groups in total. The maximum absolute atomic E-state index is 11.3. The van der Waals surface area contributed by atoms with Gasteiger partial charge in [0.2, 0.25) is 0 Å². The van der Waals surface area contributed by atoms with E-state index in [-0.39, 0.29) is 5.97 Å². The van der Waals surface area contributed by atoms with Crippen molar-refractivity contribution in [1.82, 2.24) is 0 Å². The Bertz CT molecular complexity index is 222. The maximum atomic E-state index is 11.3. The summed E-state index contributed by atoms with van der Waals surface area (Å²) in [6.07, 6.45) is 8.89. The molecule has 0 bridgehead atoms. The normalized spacial score (nSPS) is 11.2. The molecule has 0 fully saturated rings. The zero-order valence-electron chi connectivity index (χ0n) is 11.5. The van der Waals surface area contributed by atoms with E-state index in [0.29, 0.717) is 6.61 Å². The van der Waals surface area contributed by atoms with Gasteiger partial charge in [-0.3, -0.25) is 0 Å². The SMILES string of the molecule is C=CCCCCCCCOC(C)(C)C(=O)OC. The van der Waals surface area contributed by atoms with Crippen molar-refractivity contribution < 1.29 is 14.3 Å². The van der Waals surface area contributed by atoms with Crippen LogP contribution in [-0.4, -0.2) is 25.3 Å². The van der Waals surface area contributed by atoms with Crippen molar-refractivity contribution in [2.45, 2.75) is 58.0 Å². The Morgan fingerprint density at radius 1 is 1.18 bits per heavy atom. The first-order valence-corrected chi connectivity index (χ1v) is 6.38. The second-order valence-corrected chi connectivity index (χ2v) is 4.70. The standard InChI is InChI=1S/C14H26O3/c1-5-6-7-8-9-10-11-12-17-14(2,3)13(15)16-4/h5H,1,6-12H2,2-4H3. The molecule has 0 rings (SSSR count). The third-order valence-electron chi connectivity index (χ3n) is 2.69. The van der Waals surface area contributed by atoms with E-state index in [9.17, 15) is 4.79 Å². The molecule has 17 heavy (non-hydrogen) atoms. The predicted octanol–water partition coefficient (Wildman–Crippen LogP) is 3.48. The number of hydrogen-bond donors (Lipinski definition) is 0. The number of esters is 1. The van der Waals surface area contributed by atoms with Gasteiger partial charge >= 0.3 is 5.97 Å². The van der Waals surface area contributed by atoms with Crippen LogP contribution in [0.25, 0.3) is 0 Å². The van der Waals surface area contributed by atoms with Crippen LogP contribution in [0, 0.1) is 0 Å². The Morgan fingerprint density at radius 3 is 2.35 bits per heavy atom. The van der Waals surface area contributed by atoms with Crippen molar-refractivity contribution in [3.05, 3.63) is 12.7 Å². The zero-order valence-corrected chi connectivity index (χ0v) is 11.5. The van der Waals surface area contributed by atoms with Crippen LogP contribution in [0.3, 0.4) is 0 Å². The first-order chi connectivity index (χ1) is 8.04.